The number of nitrogens with zero attached hydrogens (tertiary/aromatic N) is 1. The van der Waals surface area contributed by atoms with E-state index in [2.05, 4.69) is 0 Å². The summed E-state index contributed by atoms with van der Waals surface area (Å²) < 4.78 is 0. The SMILES string of the molecule is O=CC[N+](=O)[O-].[K]. The van der Waals surface area contributed by atoms with E-state index in [1.807, 2.05) is 0 Å². The van der Waals surface area contributed by atoms with Gasteiger partial charge in [-0.05, 0) is 0 Å². The summed E-state index contributed by atoms with van der Waals surface area (Å²) in [4.78, 5) is 17.7. The fraction of sp³-hybridized carbons (Fsp3) is 0.500. The Bertz CT molecular complexity index is 73.3. The Labute approximate surface area is 82.8 Å². The second-order valence-electron chi connectivity index (χ2n) is 0.682. The second-order valence-corrected chi connectivity index (χ2v) is 0.682. The van der Waals surface area contributed by atoms with Gasteiger partial charge in [0.25, 0.3) is 6.54 Å². The molecule has 35 valence electrons. The topological polar surface area (TPSA) is 60.2 Å². The summed E-state index contributed by atoms with van der Waals surface area (Å²) in [6.45, 7) is -0.583. The van der Waals surface area contributed by atoms with Crippen molar-refractivity contribution < 1.29 is 9.72 Å². The van der Waals surface area contributed by atoms with Gasteiger partial charge in [-0.3, -0.25) is 14.9 Å². The van der Waals surface area contributed by atoms with Crippen LogP contribution in [0, 0.1) is 10.1 Å². The molecule has 7 heavy (non-hydrogen) atoms. The van der Waals surface area contributed by atoms with E-state index in [-0.39, 0.29) is 57.7 Å². The van der Waals surface area contributed by atoms with Crippen LogP contribution in [0.1, 0.15) is 0 Å². The molecule has 0 aromatic carbocycles. The van der Waals surface area contributed by atoms with Crippen molar-refractivity contribution in [2.24, 2.45) is 0 Å². The number of carbonyl (C=O) groups excluding carboxylic acids is 1. The Morgan fingerprint density at radius 2 is 2.14 bits per heavy atom. The van der Waals surface area contributed by atoms with Gasteiger partial charge in [0.15, 0.2) is 6.29 Å². The van der Waals surface area contributed by atoms with Crippen LogP contribution >= 0.6 is 0 Å². The predicted molar refractivity (Wildman–Crippen MR) is 23.7 cm³/mol. The quantitative estimate of drug-likeness (QED) is 0.209. The summed E-state index contributed by atoms with van der Waals surface area (Å²) in [7, 11) is 0. The largest absolute Gasteiger partial charge is 0.296 e. The number of nitro groups is 1. The van der Waals surface area contributed by atoms with Gasteiger partial charge in [-0.15, -0.1) is 0 Å². The molecule has 0 fully saturated rings. The Hall–Kier alpha value is 0.706. The third kappa shape index (κ3) is 10.8. The summed E-state index contributed by atoms with van der Waals surface area (Å²) in [5.41, 5.74) is 0. The first kappa shape index (κ1) is 10.6. The van der Waals surface area contributed by atoms with Crippen LogP contribution in [-0.4, -0.2) is 69.1 Å². The summed E-state index contributed by atoms with van der Waals surface area (Å²) in [5.74, 6) is 0. The fourth-order valence-electron chi connectivity index (χ4n) is 0.0609. The second kappa shape index (κ2) is 6.71. The van der Waals surface area contributed by atoms with Crippen molar-refractivity contribution in [2.75, 3.05) is 6.54 Å². The van der Waals surface area contributed by atoms with Crippen molar-refractivity contribution in [1.82, 2.24) is 0 Å². The van der Waals surface area contributed by atoms with Crippen LogP contribution in [0.15, 0.2) is 0 Å². The van der Waals surface area contributed by atoms with Gasteiger partial charge in [-0.25, -0.2) is 0 Å². The molecule has 0 atom stereocenters. The molecule has 0 amide bonds. The minimum Gasteiger partial charge on any atom is -0.296 e. The fourth-order valence-corrected chi connectivity index (χ4v) is 0.0609. The van der Waals surface area contributed by atoms with Gasteiger partial charge in [0.2, 0.25) is 0 Å². The van der Waals surface area contributed by atoms with Crippen molar-refractivity contribution in [2.45, 2.75) is 0 Å². The molecular weight excluding hydrogens is 125 g/mol. The average Bonchev–Trinajstić information content (AvgIpc) is 1.35. The Kier molecular flexibility index (Phi) is 10.2. The molecule has 0 aliphatic carbocycles. The maximum Gasteiger partial charge on any atom is 0.258 e. The van der Waals surface area contributed by atoms with Crippen LogP contribution in [0.5, 0.6) is 0 Å². The molecule has 0 aliphatic heterocycles. The van der Waals surface area contributed by atoms with Gasteiger partial charge in [-0.2, -0.15) is 0 Å². The maximum atomic E-state index is 9.17. The number of rotatable bonds is 2. The minimum atomic E-state index is -0.688. The molecule has 0 saturated carbocycles. The van der Waals surface area contributed by atoms with Crippen LogP contribution in [0.25, 0.3) is 0 Å². The normalized spacial score (nSPS) is 6.29. The maximum absolute atomic E-state index is 9.17. The Balaban J connectivity index is 0. The molecule has 0 aromatic heterocycles. The molecule has 0 unspecified atom stereocenters. The van der Waals surface area contributed by atoms with Crippen molar-refractivity contribution in [3.05, 3.63) is 10.1 Å². The van der Waals surface area contributed by atoms with E-state index in [0.29, 0.717) is 0 Å². The van der Waals surface area contributed by atoms with Crippen LogP contribution in [0.4, 0.5) is 0 Å². The van der Waals surface area contributed by atoms with E-state index in [9.17, 15) is 14.9 Å². The van der Waals surface area contributed by atoms with Crippen LogP contribution in [-0.2, 0) is 4.79 Å². The summed E-state index contributed by atoms with van der Waals surface area (Å²) >= 11 is 0. The van der Waals surface area contributed by atoms with Crippen LogP contribution in [0.3, 0.4) is 0 Å². The zero-order valence-corrected chi connectivity index (χ0v) is 7.08. The molecule has 0 spiro atoms. The monoisotopic (exact) mass is 128 g/mol. The van der Waals surface area contributed by atoms with Gasteiger partial charge in [0.1, 0.15) is 0 Å². The predicted octanol–water partition coefficient (Wildman–Crippen LogP) is -0.919. The standard InChI is InChI=1S/C2H3NO3.K/c4-2-1-3(5)6;/h2H,1H2;. The summed E-state index contributed by atoms with van der Waals surface area (Å²) in [5, 5.41) is 9.17. The smallest absolute Gasteiger partial charge is 0.258 e. The Morgan fingerprint density at radius 3 is 2.14 bits per heavy atom. The zero-order valence-electron chi connectivity index (χ0n) is 3.96. The number of hydrogen-bond acceptors (Lipinski definition) is 3. The number of aldehydes is 1. The first-order chi connectivity index (χ1) is 2.77. The average molecular weight is 128 g/mol. The first-order valence-corrected chi connectivity index (χ1v) is 1.33. The van der Waals surface area contributed by atoms with Crippen molar-refractivity contribution in [3.8, 4) is 0 Å². The van der Waals surface area contributed by atoms with Crippen molar-refractivity contribution in [1.29, 1.82) is 0 Å². The number of carbonyl (C=O) groups is 1. The van der Waals surface area contributed by atoms with E-state index in [1.54, 1.807) is 0 Å². The van der Waals surface area contributed by atoms with Gasteiger partial charge in [-0.1, -0.05) is 0 Å². The molecule has 5 heteroatoms. The van der Waals surface area contributed by atoms with E-state index in [1.165, 1.54) is 0 Å². The van der Waals surface area contributed by atoms with E-state index < -0.39 is 11.5 Å². The molecule has 0 bridgehead atoms. The third-order valence-corrected chi connectivity index (χ3v) is 0.224. The van der Waals surface area contributed by atoms with Crippen molar-refractivity contribution in [3.63, 3.8) is 0 Å². The van der Waals surface area contributed by atoms with E-state index >= 15 is 0 Å². The summed E-state index contributed by atoms with van der Waals surface area (Å²) in [6.07, 6.45) is 0.250. The molecule has 0 heterocycles. The van der Waals surface area contributed by atoms with E-state index in [4.69, 9.17) is 0 Å². The van der Waals surface area contributed by atoms with Crippen LogP contribution in [0.2, 0.25) is 0 Å². The molecular formula is C2H3KNO3. The van der Waals surface area contributed by atoms with Gasteiger partial charge >= 0.3 is 0 Å². The molecule has 0 aliphatic rings. The van der Waals surface area contributed by atoms with Gasteiger partial charge in [0, 0.05) is 56.3 Å². The Morgan fingerprint density at radius 1 is 1.71 bits per heavy atom. The third-order valence-electron chi connectivity index (χ3n) is 0.224. The minimum absolute atomic E-state index is 0. The van der Waals surface area contributed by atoms with Gasteiger partial charge < -0.3 is 0 Å². The van der Waals surface area contributed by atoms with Crippen molar-refractivity contribution >= 4 is 57.7 Å². The molecule has 4 nitrogen and oxygen atoms in total. The molecule has 0 aromatic rings. The number of hydrogen-bond donors (Lipinski definition) is 0. The molecule has 1 radical (unpaired) electrons. The zero-order chi connectivity index (χ0) is 4.99. The van der Waals surface area contributed by atoms with Gasteiger partial charge in [0.05, 0.1) is 0 Å². The molecule has 0 saturated heterocycles. The first-order valence-electron chi connectivity index (χ1n) is 1.33. The molecule has 0 rings (SSSR count). The molecule has 0 N–H and O–H groups in total. The summed E-state index contributed by atoms with van der Waals surface area (Å²) in [6, 6.07) is 0. The van der Waals surface area contributed by atoms with Crippen LogP contribution < -0.4 is 0 Å². The van der Waals surface area contributed by atoms with E-state index in [0.717, 1.165) is 0 Å².